The first kappa shape index (κ1) is 14.8. The van der Waals surface area contributed by atoms with Gasteiger partial charge in [0.15, 0.2) is 0 Å². The Labute approximate surface area is 139 Å². The molecule has 2 aliphatic rings. The third-order valence-corrected chi connectivity index (χ3v) is 5.62. The van der Waals surface area contributed by atoms with Crippen molar-refractivity contribution in [2.75, 3.05) is 24.5 Å². The molecule has 2 heteroatoms. The van der Waals surface area contributed by atoms with Gasteiger partial charge in [-0.1, -0.05) is 30.3 Å². The molecule has 23 heavy (non-hydrogen) atoms. The number of fused-ring (bicyclic) bond motifs is 3. The molecule has 0 bridgehead atoms. The summed E-state index contributed by atoms with van der Waals surface area (Å²) in [5.41, 5.74) is 10.0. The Morgan fingerprint density at radius 3 is 2.65 bits per heavy atom. The van der Waals surface area contributed by atoms with Gasteiger partial charge in [0.2, 0.25) is 0 Å². The third kappa shape index (κ3) is 2.46. The van der Waals surface area contributed by atoms with Crippen LogP contribution in [0.25, 0.3) is 11.1 Å². The molecule has 2 aromatic carbocycles. The van der Waals surface area contributed by atoms with E-state index in [9.17, 15) is 0 Å². The van der Waals surface area contributed by atoms with Crippen LogP contribution in [0, 0.1) is 20.8 Å². The molecule has 0 radical (unpaired) electrons. The highest BCUT2D eigenvalue weighted by molar-refractivity contribution is 5.85. The topological polar surface area (TPSA) is 15.3 Å². The van der Waals surface area contributed by atoms with Crippen LogP contribution in [0.2, 0.25) is 0 Å². The summed E-state index contributed by atoms with van der Waals surface area (Å²) < 4.78 is 0. The second-order valence-electron chi connectivity index (χ2n) is 7.15. The minimum Gasteiger partial charge on any atom is -0.366 e. The van der Waals surface area contributed by atoms with E-state index >= 15 is 0 Å². The fourth-order valence-corrected chi connectivity index (χ4v) is 4.26. The quantitative estimate of drug-likeness (QED) is 0.856. The van der Waals surface area contributed by atoms with Crippen molar-refractivity contribution in [2.24, 2.45) is 0 Å². The first-order valence-corrected chi connectivity index (χ1v) is 8.82. The van der Waals surface area contributed by atoms with Crippen LogP contribution >= 0.6 is 0 Å². The second kappa shape index (κ2) is 5.68. The van der Waals surface area contributed by atoms with Crippen molar-refractivity contribution in [3.63, 3.8) is 0 Å². The van der Waals surface area contributed by atoms with Crippen LogP contribution in [0.15, 0.2) is 30.3 Å². The van der Waals surface area contributed by atoms with Crippen molar-refractivity contribution in [1.29, 1.82) is 0 Å². The molecule has 2 aromatic rings. The summed E-state index contributed by atoms with van der Waals surface area (Å²) in [7, 11) is 0. The molecule has 0 spiro atoms. The Kier molecular flexibility index (Phi) is 3.65. The molecule has 0 aromatic heterocycles. The van der Waals surface area contributed by atoms with Gasteiger partial charge in [-0.15, -0.1) is 0 Å². The largest absolute Gasteiger partial charge is 0.366 e. The number of anilines is 1. The SMILES string of the molecule is Cc1cc(C)c(-c2cccc3c2N2CCNCCC2C3)cc1C. The van der Waals surface area contributed by atoms with Gasteiger partial charge in [-0.2, -0.15) is 0 Å². The monoisotopic (exact) mass is 306 g/mol. The lowest BCUT2D eigenvalue weighted by atomic mass is 9.93. The molecule has 120 valence electrons. The first-order chi connectivity index (χ1) is 11.1. The van der Waals surface area contributed by atoms with Crippen molar-refractivity contribution in [3.8, 4) is 11.1 Å². The summed E-state index contributed by atoms with van der Waals surface area (Å²) in [5.74, 6) is 0. The standard InChI is InChI=1S/C21H26N2/c1-14-11-16(3)20(12-15(14)2)19-6-4-5-17-13-18-7-8-22-9-10-23(18)21(17)19/h4-6,11-12,18,22H,7-10,13H2,1-3H3. The summed E-state index contributed by atoms with van der Waals surface area (Å²) >= 11 is 0. The lowest BCUT2D eigenvalue weighted by molar-refractivity contribution is 0.612. The molecular weight excluding hydrogens is 280 g/mol. The van der Waals surface area contributed by atoms with Crippen LogP contribution in [0.3, 0.4) is 0 Å². The van der Waals surface area contributed by atoms with E-state index in [1.165, 1.54) is 51.9 Å². The van der Waals surface area contributed by atoms with Gasteiger partial charge in [0.25, 0.3) is 0 Å². The number of nitrogens with one attached hydrogen (secondary N) is 1. The van der Waals surface area contributed by atoms with E-state index in [0.717, 1.165) is 19.6 Å². The van der Waals surface area contributed by atoms with Crippen LogP contribution in [0.4, 0.5) is 5.69 Å². The molecule has 1 saturated heterocycles. The molecule has 0 aliphatic carbocycles. The van der Waals surface area contributed by atoms with Crippen LogP contribution in [0.1, 0.15) is 28.7 Å². The number of hydrogen-bond donors (Lipinski definition) is 1. The lowest BCUT2D eigenvalue weighted by Gasteiger charge is -2.27. The molecule has 0 amide bonds. The van der Waals surface area contributed by atoms with E-state index in [4.69, 9.17) is 0 Å². The zero-order valence-corrected chi connectivity index (χ0v) is 14.4. The zero-order chi connectivity index (χ0) is 16.0. The van der Waals surface area contributed by atoms with Gasteiger partial charge in [0.1, 0.15) is 0 Å². The van der Waals surface area contributed by atoms with Crippen LogP contribution in [0.5, 0.6) is 0 Å². The van der Waals surface area contributed by atoms with Crippen LogP contribution in [-0.2, 0) is 6.42 Å². The van der Waals surface area contributed by atoms with E-state index in [1.807, 2.05) is 0 Å². The summed E-state index contributed by atoms with van der Waals surface area (Å²) in [6.45, 7) is 10.0. The van der Waals surface area contributed by atoms with Gasteiger partial charge in [0.05, 0.1) is 0 Å². The summed E-state index contributed by atoms with van der Waals surface area (Å²) in [4.78, 5) is 2.67. The molecular formula is C21H26N2. The normalized spacial score (nSPS) is 20.1. The van der Waals surface area contributed by atoms with E-state index in [2.05, 4.69) is 61.3 Å². The summed E-state index contributed by atoms with van der Waals surface area (Å²) in [6, 6.07) is 12.3. The highest BCUT2D eigenvalue weighted by Gasteiger charge is 2.32. The number of aryl methyl sites for hydroxylation is 3. The highest BCUT2D eigenvalue weighted by atomic mass is 15.2. The molecule has 0 saturated carbocycles. The molecule has 1 N–H and O–H groups in total. The van der Waals surface area contributed by atoms with Gasteiger partial charge in [-0.3, -0.25) is 0 Å². The number of para-hydroxylation sites is 1. The van der Waals surface area contributed by atoms with E-state index in [1.54, 1.807) is 0 Å². The number of rotatable bonds is 1. The third-order valence-electron chi connectivity index (χ3n) is 5.62. The van der Waals surface area contributed by atoms with Crippen molar-refractivity contribution in [3.05, 3.63) is 52.6 Å². The number of hydrogen-bond acceptors (Lipinski definition) is 2. The lowest BCUT2D eigenvalue weighted by Crippen LogP contribution is -2.33. The molecule has 1 fully saturated rings. The molecule has 4 rings (SSSR count). The van der Waals surface area contributed by atoms with Crippen molar-refractivity contribution >= 4 is 5.69 Å². The molecule has 2 heterocycles. The summed E-state index contributed by atoms with van der Waals surface area (Å²) in [5, 5.41) is 3.55. The Balaban J connectivity index is 1.87. The first-order valence-electron chi connectivity index (χ1n) is 8.82. The van der Waals surface area contributed by atoms with E-state index < -0.39 is 0 Å². The number of nitrogens with zero attached hydrogens (tertiary/aromatic N) is 1. The fourth-order valence-electron chi connectivity index (χ4n) is 4.26. The van der Waals surface area contributed by atoms with E-state index in [0.29, 0.717) is 6.04 Å². The predicted molar refractivity (Wildman–Crippen MR) is 98.4 cm³/mol. The second-order valence-corrected chi connectivity index (χ2v) is 7.15. The van der Waals surface area contributed by atoms with Gasteiger partial charge in [-0.05, 0) is 68.0 Å². The van der Waals surface area contributed by atoms with Gasteiger partial charge in [-0.25, -0.2) is 0 Å². The summed E-state index contributed by atoms with van der Waals surface area (Å²) in [6.07, 6.45) is 2.45. The maximum atomic E-state index is 3.55. The number of benzene rings is 2. The molecule has 2 aliphatic heterocycles. The van der Waals surface area contributed by atoms with Crippen molar-refractivity contribution in [1.82, 2.24) is 5.32 Å². The minimum absolute atomic E-state index is 0.674. The molecule has 1 unspecified atom stereocenters. The highest BCUT2D eigenvalue weighted by Crippen LogP contribution is 2.42. The van der Waals surface area contributed by atoms with Gasteiger partial charge < -0.3 is 10.2 Å². The average Bonchev–Trinajstić information content (AvgIpc) is 2.73. The van der Waals surface area contributed by atoms with Crippen LogP contribution < -0.4 is 10.2 Å². The van der Waals surface area contributed by atoms with E-state index in [-0.39, 0.29) is 0 Å². The Bertz CT molecular complexity index is 748. The van der Waals surface area contributed by atoms with Crippen LogP contribution in [-0.4, -0.2) is 25.7 Å². The molecule has 1 atom stereocenters. The Hall–Kier alpha value is -1.80. The Morgan fingerprint density at radius 1 is 0.957 bits per heavy atom. The smallest absolute Gasteiger partial charge is 0.0482 e. The fraction of sp³-hybridized carbons (Fsp3) is 0.429. The molecule has 2 nitrogen and oxygen atoms in total. The van der Waals surface area contributed by atoms with Crippen molar-refractivity contribution < 1.29 is 0 Å². The maximum absolute atomic E-state index is 3.55. The predicted octanol–water partition coefficient (Wildman–Crippen LogP) is 4.00. The minimum atomic E-state index is 0.674. The Morgan fingerprint density at radius 2 is 1.78 bits per heavy atom. The average molecular weight is 306 g/mol. The van der Waals surface area contributed by atoms with Gasteiger partial charge in [0, 0.05) is 30.4 Å². The van der Waals surface area contributed by atoms with Gasteiger partial charge >= 0.3 is 0 Å². The zero-order valence-electron chi connectivity index (χ0n) is 14.4. The maximum Gasteiger partial charge on any atom is 0.0482 e. The van der Waals surface area contributed by atoms with Crippen molar-refractivity contribution in [2.45, 2.75) is 39.7 Å².